The Kier molecular flexibility index (Phi) is 3.94. The highest BCUT2D eigenvalue weighted by Gasteiger charge is 2.16. The van der Waals surface area contributed by atoms with Crippen LogP contribution < -0.4 is 15.2 Å². The van der Waals surface area contributed by atoms with Crippen LogP contribution in [0.4, 0.5) is 5.69 Å². The lowest BCUT2D eigenvalue weighted by atomic mass is 10.1. The molecule has 2 aromatic rings. The van der Waals surface area contributed by atoms with Gasteiger partial charge < -0.3 is 25.1 Å². The fourth-order valence-electron chi connectivity index (χ4n) is 2.29. The van der Waals surface area contributed by atoms with Gasteiger partial charge in [-0.05, 0) is 29.8 Å². The molecule has 3 rings (SSSR count). The minimum Gasteiger partial charge on any atom is -0.489 e. The highest BCUT2D eigenvalue weighted by atomic mass is 16.7. The van der Waals surface area contributed by atoms with Crippen molar-refractivity contribution in [3.8, 4) is 11.5 Å². The van der Waals surface area contributed by atoms with Crippen LogP contribution in [0.2, 0.25) is 0 Å². The zero-order valence-electron chi connectivity index (χ0n) is 11.5. The van der Waals surface area contributed by atoms with Crippen molar-refractivity contribution in [3.63, 3.8) is 0 Å². The summed E-state index contributed by atoms with van der Waals surface area (Å²) in [6.45, 7) is 1.14. The van der Waals surface area contributed by atoms with E-state index in [9.17, 15) is 0 Å². The largest absolute Gasteiger partial charge is 0.489 e. The minimum absolute atomic E-state index is 0.0246. The van der Waals surface area contributed by atoms with Crippen LogP contribution in [0, 0.1) is 0 Å². The van der Waals surface area contributed by atoms with Gasteiger partial charge in [0.25, 0.3) is 0 Å². The Hall–Kier alpha value is -2.24. The molecule has 21 heavy (non-hydrogen) atoms. The molecule has 0 radical (unpaired) electrons. The lowest BCUT2D eigenvalue weighted by Crippen LogP contribution is -2.14. The number of benzene rings is 2. The third kappa shape index (κ3) is 3.09. The second kappa shape index (κ2) is 6.03. The number of hydrogen-bond donors (Lipinski definition) is 2. The van der Waals surface area contributed by atoms with E-state index < -0.39 is 0 Å². The fourth-order valence-corrected chi connectivity index (χ4v) is 2.29. The van der Waals surface area contributed by atoms with Crippen LogP contribution in [0.5, 0.6) is 11.5 Å². The molecule has 0 saturated carbocycles. The van der Waals surface area contributed by atoms with Crippen molar-refractivity contribution in [2.45, 2.75) is 19.8 Å². The van der Waals surface area contributed by atoms with E-state index in [-0.39, 0.29) is 13.4 Å². The lowest BCUT2D eigenvalue weighted by Gasteiger charge is -2.21. The molecule has 0 spiro atoms. The molecular formula is C16H17NO4. The Morgan fingerprint density at radius 1 is 1.19 bits per heavy atom. The summed E-state index contributed by atoms with van der Waals surface area (Å²) in [7, 11) is 0. The van der Waals surface area contributed by atoms with E-state index in [4.69, 9.17) is 25.1 Å². The molecule has 0 atom stereocenters. The average molecular weight is 287 g/mol. The summed E-state index contributed by atoms with van der Waals surface area (Å²) in [6.07, 6.45) is 0. The molecular weight excluding hydrogens is 270 g/mol. The number of aliphatic hydroxyl groups is 1. The molecule has 0 aliphatic carbocycles. The number of nitrogens with two attached hydrogens (primary N) is 1. The van der Waals surface area contributed by atoms with Crippen molar-refractivity contribution in [3.05, 3.63) is 53.1 Å². The Morgan fingerprint density at radius 3 is 2.76 bits per heavy atom. The van der Waals surface area contributed by atoms with Crippen molar-refractivity contribution < 1.29 is 19.3 Å². The quantitative estimate of drug-likeness (QED) is 0.843. The molecule has 0 bridgehead atoms. The Morgan fingerprint density at radius 2 is 2.00 bits per heavy atom. The van der Waals surface area contributed by atoms with Crippen LogP contribution in [0.15, 0.2) is 36.4 Å². The lowest BCUT2D eigenvalue weighted by molar-refractivity contribution is -0.0175. The molecule has 5 heteroatoms. The van der Waals surface area contributed by atoms with Crippen molar-refractivity contribution in [2.75, 3.05) is 12.5 Å². The van der Waals surface area contributed by atoms with E-state index in [2.05, 4.69) is 0 Å². The minimum atomic E-state index is 0.0246. The van der Waals surface area contributed by atoms with Crippen LogP contribution >= 0.6 is 0 Å². The maximum Gasteiger partial charge on any atom is 0.189 e. The van der Waals surface area contributed by atoms with E-state index in [1.165, 1.54) is 0 Å². The monoisotopic (exact) mass is 287 g/mol. The predicted molar refractivity (Wildman–Crippen MR) is 77.8 cm³/mol. The van der Waals surface area contributed by atoms with Crippen LogP contribution in [0.25, 0.3) is 0 Å². The van der Waals surface area contributed by atoms with Crippen molar-refractivity contribution in [2.24, 2.45) is 0 Å². The molecule has 2 aromatic carbocycles. The average Bonchev–Trinajstić information content (AvgIpc) is 2.53. The number of hydrogen-bond acceptors (Lipinski definition) is 5. The predicted octanol–water partition coefficient (Wildman–Crippen LogP) is 2.21. The van der Waals surface area contributed by atoms with E-state index in [1.54, 1.807) is 0 Å². The number of anilines is 1. The SMILES string of the molecule is Nc1cc2c(c(COc3ccc(CO)cc3)c1)OCOC2. The Bertz CT molecular complexity index is 625. The van der Waals surface area contributed by atoms with Crippen LogP contribution in [-0.4, -0.2) is 11.9 Å². The number of ether oxygens (including phenoxy) is 3. The number of fused-ring (bicyclic) bond motifs is 1. The van der Waals surface area contributed by atoms with Gasteiger partial charge in [0.15, 0.2) is 6.79 Å². The first-order valence-electron chi connectivity index (χ1n) is 6.70. The molecule has 1 heterocycles. The molecule has 110 valence electrons. The smallest absolute Gasteiger partial charge is 0.189 e. The van der Waals surface area contributed by atoms with Crippen molar-refractivity contribution in [1.82, 2.24) is 0 Å². The second-order valence-corrected chi connectivity index (χ2v) is 4.87. The van der Waals surface area contributed by atoms with Gasteiger partial charge in [0.2, 0.25) is 0 Å². The zero-order valence-corrected chi connectivity index (χ0v) is 11.5. The van der Waals surface area contributed by atoms with Gasteiger partial charge in [0, 0.05) is 16.8 Å². The first-order valence-corrected chi connectivity index (χ1v) is 6.70. The summed E-state index contributed by atoms with van der Waals surface area (Å²) in [5, 5.41) is 9.02. The maximum absolute atomic E-state index is 9.02. The second-order valence-electron chi connectivity index (χ2n) is 4.87. The summed E-state index contributed by atoms with van der Waals surface area (Å²) < 4.78 is 16.6. The standard InChI is InChI=1S/C16H17NO4/c17-14-5-12-8-19-10-21-16(12)13(6-14)9-20-15-3-1-11(7-18)2-4-15/h1-6,18H,7-10,17H2. The summed E-state index contributed by atoms with van der Waals surface area (Å²) in [6, 6.07) is 11.0. The Labute approximate surface area is 122 Å². The molecule has 0 amide bonds. The highest BCUT2D eigenvalue weighted by Crippen LogP contribution is 2.31. The molecule has 0 unspecified atom stereocenters. The highest BCUT2D eigenvalue weighted by molar-refractivity contribution is 5.53. The van der Waals surface area contributed by atoms with Gasteiger partial charge in [-0.25, -0.2) is 0 Å². The molecule has 0 aromatic heterocycles. The number of nitrogen functional groups attached to an aromatic ring is 1. The molecule has 0 saturated heterocycles. The summed E-state index contributed by atoms with van der Waals surface area (Å²) in [5.41, 5.74) is 9.25. The topological polar surface area (TPSA) is 73.9 Å². The molecule has 3 N–H and O–H groups in total. The van der Waals surface area contributed by atoms with Crippen molar-refractivity contribution in [1.29, 1.82) is 0 Å². The van der Waals surface area contributed by atoms with Crippen LogP contribution in [0.3, 0.4) is 0 Å². The molecule has 5 nitrogen and oxygen atoms in total. The van der Waals surface area contributed by atoms with Crippen LogP contribution in [-0.2, 0) is 24.6 Å². The number of aliphatic hydroxyl groups excluding tert-OH is 1. The summed E-state index contributed by atoms with van der Waals surface area (Å²) >= 11 is 0. The van der Waals surface area contributed by atoms with E-state index in [1.807, 2.05) is 36.4 Å². The van der Waals surface area contributed by atoms with Gasteiger partial charge in [-0.15, -0.1) is 0 Å². The zero-order chi connectivity index (χ0) is 14.7. The maximum atomic E-state index is 9.02. The summed E-state index contributed by atoms with van der Waals surface area (Å²) in [4.78, 5) is 0. The molecule has 0 fully saturated rings. The summed E-state index contributed by atoms with van der Waals surface area (Å²) in [5.74, 6) is 1.53. The van der Waals surface area contributed by atoms with Gasteiger partial charge in [-0.2, -0.15) is 0 Å². The van der Waals surface area contributed by atoms with Gasteiger partial charge in [0.1, 0.15) is 18.1 Å². The van der Waals surface area contributed by atoms with E-state index in [0.717, 1.165) is 28.2 Å². The third-order valence-electron chi connectivity index (χ3n) is 3.31. The third-order valence-corrected chi connectivity index (χ3v) is 3.31. The number of rotatable bonds is 4. The molecule has 1 aliphatic rings. The van der Waals surface area contributed by atoms with Crippen LogP contribution in [0.1, 0.15) is 16.7 Å². The normalized spacial score (nSPS) is 13.4. The van der Waals surface area contributed by atoms with E-state index in [0.29, 0.717) is 18.9 Å². The fraction of sp³-hybridized carbons (Fsp3) is 0.250. The van der Waals surface area contributed by atoms with Gasteiger partial charge in [-0.3, -0.25) is 0 Å². The van der Waals surface area contributed by atoms with Crippen molar-refractivity contribution >= 4 is 5.69 Å². The molecule has 1 aliphatic heterocycles. The van der Waals surface area contributed by atoms with Gasteiger partial charge in [0.05, 0.1) is 13.2 Å². The van der Waals surface area contributed by atoms with Gasteiger partial charge in [-0.1, -0.05) is 12.1 Å². The first-order chi connectivity index (χ1) is 10.3. The van der Waals surface area contributed by atoms with Gasteiger partial charge >= 0.3 is 0 Å². The first kappa shape index (κ1) is 13.7. The Balaban J connectivity index is 1.76. The van der Waals surface area contributed by atoms with E-state index >= 15 is 0 Å².